The molecule has 3 saturated heterocycles. The first-order chi connectivity index (χ1) is 29.2. The Kier molecular flexibility index (Phi) is 16.0. The summed E-state index contributed by atoms with van der Waals surface area (Å²) in [5.74, 6) is -3.93. The molecule has 13 atom stereocenters. The number of nitrogen functional groups attached to an aromatic ring is 1. The average Bonchev–Trinajstić information content (AvgIpc) is 3.80. The van der Waals surface area contributed by atoms with Crippen molar-refractivity contribution in [3.8, 4) is 11.3 Å². The Bertz CT molecular complexity index is 1860. The van der Waals surface area contributed by atoms with Crippen LogP contribution in [0.25, 0.3) is 11.3 Å². The molecule has 5 rings (SSSR count). The van der Waals surface area contributed by atoms with Gasteiger partial charge in [-0.1, -0.05) is 44.2 Å². The van der Waals surface area contributed by atoms with E-state index in [2.05, 4.69) is 22.2 Å². The molecule has 4 heterocycles. The van der Waals surface area contributed by atoms with Gasteiger partial charge in [-0.25, -0.2) is 14.0 Å². The number of unbranched alkanes of at least 4 members (excludes halogenated alkanes) is 1. The number of nitrogens with one attached hydrogen (secondary N) is 1. The van der Waals surface area contributed by atoms with E-state index >= 15 is 4.39 Å². The number of methoxy groups -OCH3 is 1. The third-order valence-corrected chi connectivity index (χ3v) is 13.1. The number of amides is 1. The van der Waals surface area contributed by atoms with Crippen molar-refractivity contribution in [2.24, 2.45) is 11.8 Å². The number of alkyl halides is 1. The number of ether oxygens (including phenoxy) is 5. The van der Waals surface area contributed by atoms with Crippen molar-refractivity contribution >= 4 is 23.5 Å². The molecular formula is C45H70FN7O9. The van der Waals surface area contributed by atoms with Gasteiger partial charge in [-0.2, -0.15) is 0 Å². The quantitative estimate of drug-likeness (QED) is 0.0807. The molecule has 1 amide bonds. The van der Waals surface area contributed by atoms with Gasteiger partial charge in [-0.15, -0.1) is 11.7 Å². The minimum Gasteiger partial charge on any atom is -0.455 e. The van der Waals surface area contributed by atoms with E-state index < -0.39 is 77.3 Å². The zero-order valence-corrected chi connectivity index (χ0v) is 38.2. The van der Waals surface area contributed by atoms with E-state index in [0.29, 0.717) is 63.1 Å². The Morgan fingerprint density at radius 1 is 1.15 bits per heavy atom. The van der Waals surface area contributed by atoms with E-state index in [9.17, 15) is 19.5 Å². The van der Waals surface area contributed by atoms with Crippen LogP contribution >= 0.6 is 0 Å². The third-order valence-electron chi connectivity index (χ3n) is 13.1. The van der Waals surface area contributed by atoms with Gasteiger partial charge in [0.2, 0.25) is 0 Å². The van der Waals surface area contributed by atoms with Gasteiger partial charge in [0.25, 0.3) is 5.67 Å². The van der Waals surface area contributed by atoms with Crippen LogP contribution in [0.4, 0.5) is 14.9 Å². The minimum atomic E-state index is -3.15. The summed E-state index contributed by atoms with van der Waals surface area (Å²) in [6.45, 7) is 16.8. The van der Waals surface area contributed by atoms with Crippen LogP contribution < -0.4 is 11.1 Å². The van der Waals surface area contributed by atoms with Gasteiger partial charge in [0, 0.05) is 49.5 Å². The second kappa shape index (κ2) is 20.2. The van der Waals surface area contributed by atoms with Crippen molar-refractivity contribution < 1.29 is 47.6 Å². The minimum absolute atomic E-state index is 0.147. The Hall–Kier alpha value is -4.00. The summed E-state index contributed by atoms with van der Waals surface area (Å²) in [5, 5.41) is 23.7. The van der Waals surface area contributed by atoms with Crippen LogP contribution in [0.15, 0.2) is 43.1 Å². The van der Waals surface area contributed by atoms with Gasteiger partial charge < -0.3 is 44.7 Å². The van der Waals surface area contributed by atoms with Crippen molar-refractivity contribution in [1.29, 1.82) is 0 Å². The van der Waals surface area contributed by atoms with Crippen LogP contribution in [0.2, 0.25) is 0 Å². The molecule has 346 valence electrons. The summed E-state index contributed by atoms with van der Waals surface area (Å²) >= 11 is 0. The lowest BCUT2D eigenvalue weighted by Crippen LogP contribution is -2.62. The Labute approximate surface area is 366 Å². The standard InChI is InChI=1S/C45H70FN7O9/c1-12-17-32-37-45(8,62-42(57)53(37)21-15-14-20-52-26-33(49-50-52)30-18-16-19-31(47)23-30)35(13-2)60-41(56)44(7,46)38(55)29(5)39(43(6,58-11)24-27(3)25-48-32)61-40-36(54)34(51(9)10)22-28(4)59-40/h12,16,18-19,23,26-29,32,34-37,39-40,48,54H,1,13-15,17,20-22,24-25,47H2,2-11H3/t27-,28-,29+,32-,34?,35-,36?,37-,39-,40+,43-,44+,45-/m1/s1. The third kappa shape index (κ3) is 10.5. The maximum Gasteiger partial charge on any atom is 0.410 e. The summed E-state index contributed by atoms with van der Waals surface area (Å²) < 4.78 is 49.9. The van der Waals surface area contributed by atoms with Crippen molar-refractivity contribution in [3.05, 3.63) is 43.1 Å². The van der Waals surface area contributed by atoms with E-state index in [1.165, 1.54) is 14.0 Å². The lowest BCUT2D eigenvalue weighted by Gasteiger charge is -2.47. The van der Waals surface area contributed by atoms with Gasteiger partial charge >= 0.3 is 12.1 Å². The van der Waals surface area contributed by atoms with Crippen LogP contribution in [0.3, 0.4) is 0 Å². The molecule has 62 heavy (non-hydrogen) atoms. The number of nitrogens with zero attached hydrogens (tertiary/aromatic N) is 5. The molecule has 2 aromatic rings. The number of rotatable bonds is 13. The van der Waals surface area contributed by atoms with Crippen molar-refractivity contribution in [2.45, 2.75) is 159 Å². The first kappa shape index (κ1) is 49.0. The first-order valence-electron chi connectivity index (χ1n) is 21.9. The molecule has 4 N–H and O–H groups in total. The van der Waals surface area contributed by atoms with Crippen molar-refractivity contribution in [1.82, 2.24) is 30.1 Å². The van der Waals surface area contributed by atoms with Crippen LogP contribution in [0.1, 0.15) is 87.0 Å². The van der Waals surface area contributed by atoms with Crippen LogP contribution in [0.5, 0.6) is 0 Å². The van der Waals surface area contributed by atoms with E-state index in [4.69, 9.17) is 29.4 Å². The average molecular weight is 872 g/mol. The number of Topliss-reactive ketones (excluding diaryl/α,β-unsaturated/α-hetero) is 1. The number of carbonyl (C=O) groups is 3. The number of anilines is 1. The molecule has 1 aromatic carbocycles. The number of ketones is 1. The maximum atomic E-state index is 17.1. The van der Waals surface area contributed by atoms with Gasteiger partial charge in [-0.05, 0) is 105 Å². The molecule has 0 aliphatic carbocycles. The topological polar surface area (TPSA) is 193 Å². The summed E-state index contributed by atoms with van der Waals surface area (Å²) in [4.78, 5) is 46.0. The number of likely N-dealkylation sites (N-methyl/N-ethyl adjacent to an activating group) is 1. The van der Waals surface area contributed by atoms with Crippen LogP contribution in [-0.4, -0.2) is 148 Å². The number of benzene rings is 1. The fraction of sp³-hybridized carbons (Fsp3) is 0.711. The molecule has 16 nitrogen and oxygen atoms in total. The number of aliphatic hydroxyl groups is 1. The van der Waals surface area contributed by atoms with Gasteiger partial charge in [0.05, 0.1) is 30.0 Å². The number of aryl methyl sites for hydroxylation is 1. The van der Waals surface area contributed by atoms with E-state index in [1.807, 2.05) is 57.2 Å². The molecule has 3 aliphatic heterocycles. The summed E-state index contributed by atoms with van der Waals surface area (Å²) in [6, 6.07) is 5.94. The zero-order valence-electron chi connectivity index (χ0n) is 38.2. The maximum absolute atomic E-state index is 17.1. The van der Waals surface area contributed by atoms with E-state index in [-0.39, 0.29) is 24.5 Å². The van der Waals surface area contributed by atoms with Crippen LogP contribution in [0, 0.1) is 11.8 Å². The number of fused-ring (bicyclic) bond motifs is 1. The second-order valence-corrected chi connectivity index (χ2v) is 18.3. The van der Waals surface area contributed by atoms with Gasteiger partial charge in [0.1, 0.15) is 17.9 Å². The highest BCUT2D eigenvalue weighted by Crippen LogP contribution is 2.41. The van der Waals surface area contributed by atoms with Crippen molar-refractivity contribution in [2.75, 3.05) is 40.0 Å². The Morgan fingerprint density at radius 3 is 2.50 bits per heavy atom. The zero-order chi connectivity index (χ0) is 45.7. The molecular weight excluding hydrogens is 802 g/mol. The fourth-order valence-electron chi connectivity index (χ4n) is 9.66. The number of aromatic nitrogens is 3. The second-order valence-electron chi connectivity index (χ2n) is 18.3. The van der Waals surface area contributed by atoms with Crippen molar-refractivity contribution in [3.63, 3.8) is 0 Å². The molecule has 2 unspecified atom stereocenters. The number of aliphatic hydroxyl groups excluding tert-OH is 1. The first-order valence-corrected chi connectivity index (χ1v) is 21.9. The highest BCUT2D eigenvalue weighted by Gasteiger charge is 2.60. The Morgan fingerprint density at radius 2 is 1.85 bits per heavy atom. The number of halogens is 1. The SMILES string of the molecule is C=CC[C@H]1NC[C@H](C)C[C@@](C)(OC)[C@H](O[C@@H]2O[C@H](C)CC(N(C)C)C2O)[C@@H](C)C(=O)[C@](C)(F)C(=O)O[C@H](CC)[C@@]2(C)OC(=O)N(CCCCn3cc(-c4cccc(N)c4)nn3)[C@H]12. The fourth-order valence-corrected chi connectivity index (χ4v) is 9.66. The number of carbonyl (C=O) groups excluding carboxylic acids is 3. The summed E-state index contributed by atoms with van der Waals surface area (Å²) in [5.41, 5.74) is 2.28. The number of esters is 1. The smallest absolute Gasteiger partial charge is 0.410 e. The lowest BCUT2D eigenvalue weighted by molar-refractivity contribution is -0.295. The van der Waals surface area contributed by atoms with E-state index in [0.717, 1.165) is 12.5 Å². The predicted molar refractivity (Wildman–Crippen MR) is 231 cm³/mol. The molecule has 17 heteroatoms. The molecule has 3 fully saturated rings. The highest BCUT2D eigenvalue weighted by atomic mass is 19.1. The van der Waals surface area contributed by atoms with Gasteiger partial charge in [-0.3, -0.25) is 14.4 Å². The number of nitrogens with two attached hydrogens (primary N) is 1. The number of cyclic esters (lactones) is 1. The monoisotopic (exact) mass is 872 g/mol. The Balaban J connectivity index is 1.45. The normalized spacial score (nSPS) is 36.4. The lowest BCUT2D eigenvalue weighted by atomic mass is 9.78. The molecule has 0 saturated carbocycles. The van der Waals surface area contributed by atoms with E-state index in [1.54, 1.807) is 42.5 Å². The van der Waals surface area contributed by atoms with Crippen LogP contribution in [-0.2, 0) is 39.8 Å². The molecule has 1 aromatic heterocycles. The number of hydrogen-bond donors (Lipinski definition) is 3. The molecule has 0 spiro atoms. The summed E-state index contributed by atoms with van der Waals surface area (Å²) in [7, 11) is 5.20. The van der Waals surface area contributed by atoms with Gasteiger partial charge in [0.15, 0.2) is 17.7 Å². The highest BCUT2D eigenvalue weighted by molar-refractivity contribution is 6.07. The largest absolute Gasteiger partial charge is 0.455 e. The number of hydrogen-bond acceptors (Lipinski definition) is 14. The predicted octanol–water partition coefficient (Wildman–Crippen LogP) is 4.93. The summed E-state index contributed by atoms with van der Waals surface area (Å²) in [6.07, 6.45) is 0.719. The molecule has 0 bridgehead atoms. The molecule has 3 aliphatic rings. The molecule has 0 radical (unpaired) electrons.